The molecule has 2 heteroatoms. The molecule has 0 saturated heterocycles. The molecule has 0 unspecified atom stereocenters. The molecule has 2 nitrogen and oxygen atoms in total. The van der Waals surface area contributed by atoms with E-state index < -0.39 is 0 Å². The number of benzene rings is 8. The van der Waals surface area contributed by atoms with Gasteiger partial charge in [0.15, 0.2) is 0 Å². The van der Waals surface area contributed by atoms with E-state index in [0.717, 1.165) is 21.8 Å². The minimum Gasteiger partial charge on any atom is -0.254 e. The smallest absolute Gasteiger partial charge is 0.0971 e. The van der Waals surface area contributed by atoms with Gasteiger partial charge in [0.2, 0.25) is 0 Å². The predicted molar refractivity (Wildman–Crippen MR) is 243 cm³/mol. The summed E-state index contributed by atoms with van der Waals surface area (Å²) >= 11 is 0. The highest BCUT2D eigenvalue weighted by molar-refractivity contribution is 6.24. The van der Waals surface area contributed by atoms with Crippen LogP contribution in [0, 0.1) is 0 Å². The maximum Gasteiger partial charge on any atom is 0.0971 e. The van der Waals surface area contributed by atoms with Crippen molar-refractivity contribution in [1.82, 2.24) is 9.97 Å². The van der Waals surface area contributed by atoms with Crippen LogP contribution in [-0.4, -0.2) is 9.97 Å². The zero-order chi connectivity index (χ0) is 38.9. The number of hydrogen-bond donors (Lipinski definition) is 0. The van der Waals surface area contributed by atoms with Gasteiger partial charge < -0.3 is 0 Å². The summed E-state index contributed by atoms with van der Waals surface area (Å²) in [5.74, 6) is 0. The van der Waals surface area contributed by atoms with Gasteiger partial charge in [0.1, 0.15) is 0 Å². The summed E-state index contributed by atoms with van der Waals surface area (Å²) in [5.41, 5.74) is 20.1. The summed E-state index contributed by atoms with van der Waals surface area (Å²) in [6.45, 7) is 9.53. The van der Waals surface area contributed by atoms with Crippen LogP contribution in [0.1, 0.15) is 49.9 Å². The van der Waals surface area contributed by atoms with E-state index in [-0.39, 0.29) is 10.8 Å². The normalized spacial score (nSPS) is 14.5. The third-order valence-corrected chi connectivity index (χ3v) is 13.6. The Hall–Kier alpha value is -6.90. The van der Waals surface area contributed by atoms with Crippen LogP contribution in [0.15, 0.2) is 170 Å². The molecule has 0 aliphatic heterocycles. The maximum atomic E-state index is 5.06. The molecule has 0 fully saturated rings. The molecule has 2 aliphatic rings. The van der Waals surface area contributed by atoms with Crippen LogP contribution >= 0.6 is 0 Å². The van der Waals surface area contributed by atoms with E-state index >= 15 is 0 Å². The van der Waals surface area contributed by atoms with E-state index in [0.29, 0.717) is 0 Å². The van der Waals surface area contributed by atoms with E-state index in [1.54, 1.807) is 0 Å². The van der Waals surface area contributed by atoms with Gasteiger partial charge in [0.25, 0.3) is 0 Å². The fourth-order valence-corrected chi connectivity index (χ4v) is 10.8. The number of hydrogen-bond acceptors (Lipinski definition) is 2. The van der Waals surface area contributed by atoms with Crippen molar-refractivity contribution >= 4 is 43.4 Å². The molecule has 0 spiro atoms. The summed E-state index contributed by atoms with van der Waals surface area (Å²) in [7, 11) is 0. The predicted octanol–water partition coefficient (Wildman–Crippen LogP) is 14.7. The van der Waals surface area contributed by atoms with E-state index in [1.165, 1.54) is 99.4 Å². The Balaban J connectivity index is 1.04. The molecule has 10 aromatic rings. The van der Waals surface area contributed by atoms with Gasteiger partial charge in [0, 0.05) is 34.0 Å². The minimum atomic E-state index is -0.148. The molecular formula is C56H40N2. The second-order valence-electron chi connectivity index (χ2n) is 17.2. The number of pyridine rings is 2. The van der Waals surface area contributed by atoms with Crippen molar-refractivity contribution in [2.24, 2.45) is 0 Å². The van der Waals surface area contributed by atoms with Gasteiger partial charge in [-0.25, -0.2) is 0 Å². The van der Waals surface area contributed by atoms with E-state index in [9.17, 15) is 0 Å². The summed E-state index contributed by atoms with van der Waals surface area (Å²) in [5, 5.41) is 7.16. The zero-order valence-electron chi connectivity index (χ0n) is 33.1. The van der Waals surface area contributed by atoms with Crippen molar-refractivity contribution in [3.63, 3.8) is 0 Å². The number of fused-ring (bicyclic) bond motifs is 12. The van der Waals surface area contributed by atoms with Crippen molar-refractivity contribution < 1.29 is 0 Å². The van der Waals surface area contributed by atoms with Gasteiger partial charge in [-0.05, 0) is 118 Å². The van der Waals surface area contributed by atoms with Crippen molar-refractivity contribution in [2.45, 2.75) is 38.5 Å². The second kappa shape index (κ2) is 11.8. The number of aromatic nitrogens is 2. The molecule has 0 amide bonds. The van der Waals surface area contributed by atoms with Gasteiger partial charge in [-0.1, -0.05) is 167 Å². The molecule has 8 aromatic carbocycles. The average molecular weight is 741 g/mol. The lowest BCUT2D eigenvalue weighted by Gasteiger charge is -2.24. The first-order chi connectivity index (χ1) is 28.3. The first-order valence-corrected chi connectivity index (χ1v) is 20.4. The molecule has 2 aromatic heterocycles. The molecule has 0 N–H and O–H groups in total. The molecule has 0 saturated carbocycles. The Kier molecular flexibility index (Phi) is 6.78. The zero-order valence-corrected chi connectivity index (χ0v) is 33.1. The molecule has 58 heavy (non-hydrogen) atoms. The Morgan fingerprint density at radius 2 is 0.810 bits per heavy atom. The van der Waals surface area contributed by atoms with E-state index in [2.05, 4.69) is 185 Å². The molecule has 274 valence electrons. The molecular weight excluding hydrogens is 701 g/mol. The molecule has 0 atom stereocenters. The number of nitrogens with zero attached hydrogens (tertiary/aromatic N) is 2. The van der Waals surface area contributed by atoms with Gasteiger partial charge in [-0.2, -0.15) is 0 Å². The summed E-state index contributed by atoms with van der Waals surface area (Å²) in [6.07, 6.45) is 3.93. The van der Waals surface area contributed by atoms with Crippen molar-refractivity contribution in [3.05, 3.63) is 192 Å². The third-order valence-electron chi connectivity index (χ3n) is 13.6. The fraction of sp³-hybridized carbons (Fsp3) is 0.107. The van der Waals surface area contributed by atoms with Crippen molar-refractivity contribution in [1.29, 1.82) is 0 Å². The standard InChI is InChI=1S/C56H40N2/c1-55(2)45-21-13-12-20-43(45)51-46(55)26-27-47-52(51)44-23-22-34(32-48(44)56(47,3)4)35-28-30-57-53-41(35)24-25-42-40(29-31-58-54(42)53)50-38-18-10-8-16-36(38)49(33-14-6-5-7-15-33)37-17-9-11-19-39(37)50/h5-32H,1-4H3. The first kappa shape index (κ1) is 33.3. The molecule has 12 rings (SSSR count). The maximum absolute atomic E-state index is 5.06. The van der Waals surface area contributed by atoms with Crippen LogP contribution < -0.4 is 0 Å². The highest BCUT2D eigenvalue weighted by Gasteiger charge is 2.43. The lowest BCUT2D eigenvalue weighted by Crippen LogP contribution is -2.17. The van der Waals surface area contributed by atoms with Crippen LogP contribution in [-0.2, 0) is 10.8 Å². The highest BCUT2D eigenvalue weighted by Crippen LogP contribution is 2.59. The van der Waals surface area contributed by atoms with Crippen molar-refractivity contribution in [3.8, 4) is 55.6 Å². The average Bonchev–Trinajstić information content (AvgIpc) is 3.64. The summed E-state index contributed by atoms with van der Waals surface area (Å²) in [6, 6.07) is 58.4. The molecule has 0 bridgehead atoms. The Morgan fingerprint density at radius 3 is 1.45 bits per heavy atom. The fourth-order valence-electron chi connectivity index (χ4n) is 10.8. The number of rotatable bonds is 3. The van der Waals surface area contributed by atoms with E-state index in [4.69, 9.17) is 9.97 Å². The Bertz CT molecular complexity index is 3330. The van der Waals surface area contributed by atoms with Gasteiger partial charge >= 0.3 is 0 Å². The topological polar surface area (TPSA) is 25.8 Å². The quantitative estimate of drug-likeness (QED) is 0.133. The second-order valence-corrected chi connectivity index (χ2v) is 17.2. The Labute approximate surface area is 338 Å². The van der Waals surface area contributed by atoms with Gasteiger partial charge in [-0.3, -0.25) is 9.97 Å². The first-order valence-electron chi connectivity index (χ1n) is 20.4. The minimum absolute atomic E-state index is 0.0355. The van der Waals surface area contributed by atoms with Gasteiger partial charge in [-0.15, -0.1) is 0 Å². The molecule has 2 aliphatic carbocycles. The van der Waals surface area contributed by atoms with Crippen molar-refractivity contribution in [2.75, 3.05) is 0 Å². The SMILES string of the molecule is CC1(C)c2ccccc2-c2c1ccc1c2-c2ccc(-c3ccnc4c3ccc3c(-c5c6ccccc6c(-c6ccccc6)c6ccccc56)ccnc34)cc2C1(C)C. The third kappa shape index (κ3) is 4.38. The molecule has 0 radical (unpaired) electrons. The Morgan fingerprint density at radius 1 is 0.310 bits per heavy atom. The summed E-state index contributed by atoms with van der Waals surface area (Å²) in [4.78, 5) is 10.1. The van der Waals surface area contributed by atoms with Crippen LogP contribution in [0.5, 0.6) is 0 Å². The van der Waals surface area contributed by atoms with Crippen LogP contribution in [0.3, 0.4) is 0 Å². The lowest BCUT2D eigenvalue weighted by atomic mass is 9.79. The lowest BCUT2D eigenvalue weighted by molar-refractivity contribution is 0.651. The highest BCUT2D eigenvalue weighted by atomic mass is 14.7. The molecule has 2 heterocycles. The van der Waals surface area contributed by atoms with Crippen LogP contribution in [0.2, 0.25) is 0 Å². The largest absolute Gasteiger partial charge is 0.254 e. The van der Waals surface area contributed by atoms with E-state index in [1.807, 2.05) is 12.4 Å². The summed E-state index contributed by atoms with van der Waals surface area (Å²) < 4.78 is 0. The van der Waals surface area contributed by atoms with Crippen LogP contribution in [0.4, 0.5) is 0 Å². The monoisotopic (exact) mass is 740 g/mol. The van der Waals surface area contributed by atoms with Gasteiger partial charge in [0.05, 0.1) is 11.0 Å². The van der Waals surface area contributed by atoms with Crippen LogP contribution in [0.25, 0.3) is 99.0 Å².